The molecular weight excluding hydrogens is 360 g/mol. The molecule has 0 atom stereocenters. The molecule has 2 aromatic carbocycles. The van der Waals surface area contributed by atoms with Crippen molar-refractivity contribution in [2.75, 3.05) is 11.9 Å². The van der Waals surface area contributed by atoms with E-state index in [4.69, 9.17) is 11.6 Å². The molecular formula is C18H21ClN2O3S. The molecule has 0 saturated heterocycles. The first-order valence-corrected chi connectivity index (χ1v) is 9.60. The molecule has 0 bridgehead atoms. The highest BCUT2D eigenvalue weighted by atomic mass is 35.5. The fourth-order valence-corrected chi connectivity index (χ4v) is 4.15. The van der Waals surface area contributed by atoms with Gasteiger partial charge in [0.15, 0.2) is 0 Å². The van der Waals surface area contributed by atoms with Crippen LogP contribution in [0, 0.1) is 27.7 Å². The van der Waals surface area contributed by atoms with Crippen LogP contribution in [0.5, 0.6) is 0 Å². The normalized spacial score (nSPS) is 11.4. The van der Waals surface area contributed by atoms with Crippen molar-refractivity contribution in [2.24, 2.45) is 0 Å². The Morgan fingerprint density at radius 2 is 1.60 bits per heavy atom. The van der Waals surface area contributed by atoms with E-state index >= 15 is 0 Å². The Morgan fingerprint density at radius 3 is 2.20 bits per heavy atom. The molecule has 0 unspecified atom stereocenters. The van der Waals surface area contributed by atoms with Crippen molar-refractivity contribution in [3.8, 4) is 0 Å². The number of aryl methyl sites for hydroxylation is 4. The summed E-state index contributed by atoms with van der Waals surface area (Å²) in [6, 6.07) is 8.52. The number of hydrogen-bond acceptors (Lipinski definition) is 3. The zero-order valence-electron chi connectivity index (χ0n) is 14.6. The summed E-state index contributed by atoms with van der Waals surface area (Å²) in [4.78, 5) is 12.2. The van der Waals surface area contributed by atoms with Crippen molar-refractivity contribution in [2.45, 2.75) is 32.6 Å². The molecule has 0 aliphatic rings. The van der Waals surface area contributed by atoms with Crippen molar-refractivity contribution >= 4 is 33.2 Å². The monoisotopic (exact) mass is 380 g/mol. The van der Waals surface area contributed by atoms with E-state index in [0.717, 1.165) is 16.7 Å². The quantitative estimate of drug-likeness (QED) is 0.833. The maximum atomic E-state index is 12.4. The summed E-state index contributed by atoms with van der Waals surface area (Å²) in [5.41, 5.74) is 4.22. The molecule has 0 fully saturated rings. The molecule has 0 saturated carbocycles. The van der Waals surface area contributed by atoms with E-state index in [9.17, 15) is 13.2 Å². The third-order valence-corrected chi connectivity index (χ3v) is 5.58. The molecule has 0 aromatic heterocycles. The maximum Gasteiger partial charge on any atom is 0.241 e. The lowest BCUT2D eigenvalue weighted by atomic mass is 10.1. The van der Waals surface area contributed by atoms with Gasteiger partial charge in [0.1, 0.15) is 0 Å². The summed E-state index contributed by atoms with van der Waals surface area (Å²) in [6.07, 6.45) is 0. The molecule has 0 spiro atoms. The summed E-state index contributed by atoms with van der Waals surface area (Å²) in [6.45, 7) is 7.09. The summed E-state index contributed by atoms with van der Waals surface area (Å²) >= 11 is 5.87. The van der Waals surface area contributed by atoms with Crippen LogP contribution in [0.15, 0.2) is 35.2 Å². The number of amides is 1. The smallest absolute Gasteiger partial charge is 0.241 e. The summed E-state index contributed by atoms with van der Waals surface area (Å²) in [5, 5.41) is 3.08. The average Bonchev–Trinajstić information content (AvgIpc) is 2.51. The average molecular weight is 381 g/mol. The lowest BCUT2D eigenvalue weighted by molar-refractivity contribution is -0.115. The van der Waals surface area contributed by atoms with Gasteiger partial charge in [0.25, 0.3) is 0 Å². The standard InChI is InChI=1S/C18H21ClN2O3S/c1-11-7-13(3)18(14(4)8-11)21-17(22)10-20-25(23,24)16-9-15(19)6-5-12(16)2/h5-9,20H,10H2,1-4H3,(H,21,22). The van der Waals surface area contributed by atoms with Gasteiger partial charge in [-0.2, -0.15) is 0 Å². The second-order valence-electron chi connectivity index (χ2n) is 6.06. The number of nitrogens with one attached hydrogen (secondary N) is 2. The summed E-state index contributed by atoms with van der Waals surface area (Å²) < 4.78 is 27.1. The van der Waals surface area contributed by atoms with Crippen LogP contribution in [0.4, 0.5) is 5.69 Å². The summed E-state index contributed by atoms with van der Waals surface area (Å²) in [5.74, 6) is -0.432. The highest BCUT2D eigenvalue weighted by Crippen LogP contribution is 2.22. The Hall–Kier alpha value is -1.89. The molecule has 2 N–H and O–H groups in total. The second-order valence-corrected chi connectivity index (χ2v) is 8.23. The first-order valence-electron chi connectivity index (χ1n) is 7.73. The molecule has 0 heterocycles. The van der Waals surface area contributed by atoms with E-state index in [0.29, 0.717) is 16.3 Å². The van der Waals surface area contributed by atoms with Gasteiger partial charge in [0.05, 0.1) is 11.4 Å². The van der Waals surface area contributed by atoms with E-state index in [1.165, 1.54) is 6.07 Å². The van der Waals surface area contributed by atoms with Gasteiger partial charge in [0, 0.05) is 10.7 Å². The minimum absolute atomic E-state index is 0.0653. The van der Waals surface area contributed by atoms with Gasteiger partial charge in [-0.1, -0.05) is 35.4 Å². The number of benzene rings is 2. The number of carbonyl (C=O) groups is 1. The highest BCUT2D eigenvalue weighted by molar-refractivity contribution is 7.89. The third kappa shape index (κ3) is 4.81. The van der Waals surface area contributed by atoms with E-state index in [2.05, 4.69) is 10.0 Å². The minimum atomic E-state index is -3.82. The van der Waals surface area contributed by atoms with Crippen molar-refractivity contribution in [1.29, 1.82) is 0 Å². The molecule has 25 heavy (non-hydrogen) atoms. The van der Waals surface area contributed by atoms with E-state index in [1.807, 2.05) is 32.9 Å². The number of sulfonamides is 1. The Kier molecular flexibility index (Phi) is 5.87. The molecule has 1 amide bonds. The van der Waals surface area contributed by atoms with Crippen LogP contribution in [0.3, 0.4) is 0 Å². The number of hydrogen-bond donors (Lipinski definition) is 2. The maximum absolute atomic E-state index is 12.4. The van der Waals surface area contributed by atoms with Gasteiger partial charge in [-0.15, -0.1) is 0 Å². The zero-order chi connectivity index (χ0) is 18.8. The van der Waals surface area contributed by atoms with Crippen LogP contribution in [-0.2, 0) is 14.8 Å². The lowest BCUT2D eigenvalue weighted by Gasteiger charge is -2.14. The largest absolute Gasteiger partial charge is 0.324 e. The first-order chi connectivity index (χ1) is 11.6. The Morgan fingerprint density at radius 1 is 1.00 bits per heavy atom. The van der Waals surface area contributed by atoms with Crippen LogP contribution >= 0.6 is 11.6 Å². The van der Waals surface area contributed by atoms with Gasteiger partial charge >= 0.3 is 0 Å². The Labute approximate surface area is 153 Å². The first kappa shape index (κ1) is 19.4. The molecule has 0 aliphatic carbocycles. The van der Waals surface area contributed by atoms with Crippen molar-refractivity contribution < 1.29 is 13.2 Å². The fraction of sp³-hybridized carbons (Fsp3) is 0.278. The second kappa shape index (κ2) is 7.56. The number of anilines is 1. The van der Waals surface area contributed by atoms with Crippen LogP contribution < -0.4 is 10.0 Å². The van der Waals surface area contributed by atoms with Crippen LogP contribution in [0.2, 0.25) is 5.02 Å². The SMILES string of the molecule is Cc1cc(C)c(NC(=O)CNS(=O)(=O)c2cc(Cl)ccc2C)c(C)c1. The Bertz CT molecular complexity index is 901. The van der Waals surface area contributed by atoms with Crippen molar-refractivity contribution in [1.82, 2.24) is 4.72 Å². The summed E-state index contributed by atoms with van der Waals surface area (Å²) in [7, 11) is -3.82. The van der Waals surface area contributed by atoms with Crippen LogP contribution in [0.1, 0.15) is 22.3 Å². The molecule has 2 aromatic rings. The van der Waals surface area contributed by atoms with Crippen molar-refractivity contribution in [3.63, 3.8) is 0 Å². The lowest BCUT2D eigenvalue weighted by Crippen LogP contribution is -2.33. The topological polar surface area (TPSA) is 75.3 Å². The van der Waals surface area contributed by atoms with Gasteiger partial charge < -0.3 is 5.32 Å². The number of carbonyl (C=O) groups excluding carboxylic acids is 1. The van der Waals surface area contributed by atoms with Crippen LogP contribution in [0.25, 0.3) is 0 Å². The van der Waals surface area contributed by atoms with E-state index in [1.54, 1.807) is 19.1 Å². The molecule has 5 nitrogen and oxygen atoms in total. The predicted octanol–water partition coefficient (Wildman–Crippen LogP) is 3.49. The zero-order valence-corrected chi connectivity index (χ0v) is 16.2. The fourth-order valence-electron chi connectivity index (χ4n) is 2.66. The third-order valence-electron chi connectivity index (χ3n) is 3.80. The molecule has 0 aliphatic heterocycles. The number of halogens is 1. The highest BCUT2D eigenvalue weighted by Gasteiger charge is 2.19. The van der Waals surface area contributed by atoms with Gasteiger partial charge in [-0.3, -0.25) is 4.79 Å². The predicted molar refractivity (Wildman–Crippen MR) is 101 cm³/mol. The molecule has 7 heteroatoms. The van der Waals surface area contributed by atoms with Gasteiger partial charge in [-0.05, 0) is 56.5 Å². The minimum Gasteiger partial charge on any atom is -0.324 e. The number of rotatable bonds is 5. The van der Waals surface area contributed by atoms with Gasteiger partial charge in [-0.25, -0.2) is 13.1 Å². The van der Waals surface area contributed by atoms with Crippen molar-refractivity contribution in [3.05, 3.63) is 57.6 Å². The van der Waals surface area contributed by atoms with E-state index in [-0.39, 0.29) is 11.4 Å². The van der Waals surface area contributed by atoms with Crippen LogP contribution in [-0.4, -0.2) is 20.9 Å². The molecule has 0 radical (unpaired) electrons. The molecule has 2 rings (SSSR count). The van der Waals surface area contributed by atoms with E-state index < -0.39 is 15.9 Å². The van der Waals surface area contributed by atoms with Gasteiger partial charge in [0.2, 0.25) is 15.9 Å². The molecule has 134 valence electrons. The Balaban J connectivity index is 2.11.